The number of ether oxygens (including phenoxy) is 1. The van der Waals surface area contributed by atoms with Crippen molar-refractivity contribution < 1.29 is 23.4 Å². The Bertz CT molecular complexity index is 513. The Hall–Kier alpha value is -1.89. The van der Waals surface area contributed by atoms with Crippen LogP contribution in [0.15, 0.2) is 18.2 Å². The van der Waals surface area contributed by atoms with Gasteiger partial charge in [-0.1, -0.05) is 6.07 Å². The molecule has 7 heteroatoms. The molecule has 0 saturated heterocycles. The normalized spacial score (nSPS) is 12.1. The van der Waals surface area contributed by atoms with Gasteiger partial charge in [-0.3, -0.25) is 5.32 Å². The van der Waals surface area contributed by atoms with Crippen LogP contribution in [0.25, 0.3) is 0 Å². The van der Waals surface area contributed by atoms with Gasteiger partial charge in [-0.25, -0.2) is 13.6 Å². The van der Waals surface area contributed by atoms with E-state index in [0.29, 0.717) is 0 Å². The molecule has 1 rings (SSSR count). The minimum absolute atomic E-state index is 0.00886. The first-order chi connectivity index (χ1) is 9.52. The highest BCUT2D eigenvalue weighted by molar-refractivity contribution is 5.87. The number of carbonyl (C=O) groups is 1. The van der Waals surface area contributed by atoms with Crippen LogP contribution in [0.5, 0.6) is 5.75 Å². The maximum absolute atomic E-state index is 13.3. The Balaban J connectivity index is 2.86. The molecule has 0 unspecified atom stereocenters. The number of rotatable bonds is 4. The van der Waals surface area contributed by atoms with Gasteiger partial charge < -0.3 is 15.6 Å². The van der Waals surface area contributed by atoms with Gasteiger partial charge in [-0.2, -0.15) is 0 Å². The number of aromatic hydroxyl groups is 1. The van der Waals surface area contributed by atoms with E-state index in [1.807, 2.05) is 0 Å². The first-order valence-corrected chi connectivity index (χ1v) is 6.42. The van der Waals surface area contributed by atoms with Gasteiger partial charge in [0.25, 0.3) is 5.92 Å². The van der Waals surface area contributed by atoms with E-state index in [2.05, 4.69) is 5.32 Å². The zero-order chi connectivity index (χ0) is 16.3. The topological polar surface area (TPSA) is 84.6 Å². The van der Waals surface area contributed by atoms with E-state index < -0.39 is 30.6 Å². The summed E-state index contributed by atoms with van der Waals surface area (Å²) in [6.45, 7) is 4.28. The number of phenolic OH excluding ortho intramolecular Hbond substituents is 1. The number of phenols is 1. The SMILES string of the molecule is CC(C)(C)OC(=O)Nc1cc(CC(F)(F)CN)ccc1O. The smallest absolute Gasteiger partial charge is 0.412 e. The van der Waals surface area contributed by atoms with Crippen molar-refractivity contribution >= 4 is 11.8 Å². The van der Waals surface area contributed by atoms with Crippen molar-refractivity contribution in [1.82, 2.24) is 0 Å². The Morgan fingerprint density at radius 2 is 2.00 bits per heavy atom. The van der Waals surface area contributed by atoms with Gasteiger partial charge in [-0.05, 0) is 38.5 Å². The molecule has 0 fully saturated rings. The molecule has 1 amide bonds. The van der Waals surface area contributed by atoms with E-state index in [9.17, 15) is 18.7 Å². The Morgan fingerprint density at radius 1 is 1.38 bits per heavy atom. The average molecular weight is 302 g/mol. The summed E-state index contributed by atoms with van der Waals surface area (Å²) in [5.41, 5.74) is 4.53. The standard InChI is InChI=1S/C14H20F2N2O3/c1-13(2,3)21-12(20)18-10-6-9(4-5-11(10)19)7-14(15,16)8-17/h4-6,19H,7-8,17H2,1-3H3,(H,18,20). The quantitative estimate of drug-likeness (QED) is 0.747. The van der Waals surface area contributed by atoms with Crippen molar-refractivity contribution in [3.63, 3.8) is 0 Å². The third kappa shape index (κ3) is 5.95. The van der Waals surface area contributed by atoms with Crippen LogP contribution in [0.4, 0.5) is 19.3 Å². The largest absolute Gasteiger partial charge is 0.506 e. The molecule has 0 spiro atoms. The number of nitrogens with two attached hydrogens (primary N) is 1. The van der Waals surface area contributed by atoms with Gasteiger partial charge in [0.2, 0.25) is 0 Å². The zero-order valence-electron chi connectivity index (χ0n) is 12.2. The van der Waals surface area contributed by atoms with Crippen LogP contribution in [-0.2, 0) is 11.2 Å². The van der Waals surface area contributed by atoms with Gasteiger partial charge >= 0.3 is 6.09 Å². The molecule has 5 nitrogen and oxygen atoms in total. The number of hydrogen-bond donors (Lipinski definition) is 3. The van der Waals surface area contributed by atoms with Crippen LogP contribution in [0.1, 0.15) is 26.3 Å². The Labute approximate surface area is 122 Å². The summed E-state index contributed by atoms with van der Waals surface area (Å²) in [4.78, 5) is 11.6. The lowest BCUT2D eigenvalue weighted by atomic mass is 10.1. The molecule has 1 aromatic rings. The molecule has 0 saturated carbocycles. The number of hydrogen-bond acceptors (Lipinski definition) is 4. The first kappa shape index (κ1) is 17.2. The minimum atomic E-state index is -3.04. The lowest BCUT2D eigenvalue weighted by Gasteiger charge is -2.20. The predicted molar refractivity (Wildman–Crippen MR) is 75.7 cm³/mol. The molecule has 0 aromatic heterocycles. The molecule has 0 atom stereocenters. The third-order valence-corrected chi connectivity index (χ3v) is 2.46. The maximum Gasteiger partial charge on any atom is 0.412 e. The lowest BCUT2D eigenvalue weighted by Crippen LogP contribution is -2.30. The zero-order valence-corrected chi connectivity index (χ0v) is 12.2. The fourth-order valence-electron chi connectivity index (χ4n) is 1.58. The molecule has 0 aliphatic carbocycles. The number of anilines is 1. The van der Waals surface area contributed by atoms with Crippen molar-refractivity contribution in [2.45, 2.75) is 38.7 Å². The van der Waals surface area contributed by atoms with E-state index in [-0.39, 0.29) is 17.0 Å². The van der Waals surface area contributed by atoms with Crippen molar-refractivity contribution in [3.05, 3.63) is 23.8 Å². The van der Waals surface area contributed by atoms with E-state index in [4.69, 9.17) is 10.5 Å². The predicted octanol–water partition coefficient (Wildman–Crippen LogP) is 2.88. The summed E-state index contributed by atoms with van der Waals surface area (Å²) in [6.07, 6.45) is -1.35. The fraction of sp³-hybridized carbons (Fsp3) is 0.500. The second kappa shape index (κ2) is 6.26. The molecule has 0 aliphatic heterocycles. The number of nitrogens with one attached hydrogen (secondary N) is 1. The molecule has 21 heavy (non-hydrogen) atoms. The van der Waals surface area contributed by atoms with Crippen molar-refractivity contribution in [3.8, 4) is 5.75 Å². The summed E-state index contributed by atoms with van der Waals surface area (Å²) < 4.78 is 31.5. The number of amides is 1. The van der Waals surface area contributed by atoms with Gasteiger partial charge in [0.05, 0.1) is 12.2 Å². The van der Waals surface area contributed by atoms with Gasteiger partial charge in [0.15, 0.2) is 0 Å². The molecule has 0 heterocycles. The maximum atomic E-state index is 13.3. The Kier molecular flexibility index (Phi) is 5.11. The van der Waals surface area contributed by atoms with Crippen LogP contribution >= 0.6 is 0 Å². The second-order valence-electron chi connectivity index (χ2n) is 5.72. The van der Waals surface area contributed by atoms with Crippen LogP contribution in [-0.4, -0.2) is 29.3 Å². The van der Waals surface area contributed by atoms with Crippen LogP contribution in [0.3, 0.4) is 0 Å². The molecular weight excluding hydrogens is 282 g/mol. The average Bonchev–Trinajstić information content (AvgIpc) is 2.31. The summed E-state index contributed by atoms with van der Waals surface area (Å²) >= 11 is 0. The number of alkyl halides is 2. The summed E-state index contributed by atoms with van der Waals surface area (Å²) in [7, 11) is 0. The molecular formula is C14H20F2N2O3. The number of halogens is 2. The second-order valence-corrected chi connectivity index (χ2v) is 5.72. The van der Waals surface area contributed by atoms with Crippen molar-refractivity contribution in [2.24, 2.45) is 5.73 Å². The summed E-state index contributed by atoms with van der Waals surface area (Å²) in [5.74, 6) is -3.28. The first-order valence-electron chi connectivity index (χ1n) is 6.42. The molecule has 0 aliphatic rings. The Morgan fingerprint density at radius 3 is 2.52 bits per heavy atom. The highest BCUT2D eigenvalue weighted by atomic mass is 19.3. The van der Waals surface area contributed by atoms with Crippen molar-refractivity contribution in [2.75, 3.05) is 11.9 Å². The van der Waals surface area contributed by atoms with Gasteiger partial charge in [0.1, 0.15) is 11.4 Å². The van der Waals surface area contributed by atoms with Crippen LogP contribution < -0.4 is 11.1 Å². The van der Waals surface area contributed by atoms with Gasteiger partial charge in [0, 0.05) is 6.42 Å². The van der Waals surface area contributed by atoms with E-state index in [1.165, 1.54) is 18.2 Å². The molecule has 118 valence electrons. The molecule has 4 N–H and O–H groups in total. The minimum Gasteiger partial charge on any atom is -0.506 e. The highest BCUT2D eigenvalue weighted by Gasteiger charge is 2.27. The lowest BCUT2D eigenvalue weighted by molar-refractivity contribution is 0.0115. The van der Waals surface area contributed by atoms with Crippen molar-refractivity contribution in [1.29, 1.82) is 0 Å². The van der Waals surface area contributed by atoms with E-state index in [0.717, 1.165) is 0 Å². The number of benzene rings is 1. The third-order valence-electron chi connectivity index (χ3n) is 2.46. The summed E-state index contributed by atoms with van der Waals surface area (Å²) in [5, 5.41) is 12.0. The monoisotopic (exact) mass is 302 g/mol. The molecule has 0 bridgehead atoms. The highest BCUT2D eigenvalue weighted by Crippen LogP contribution is 2.28. The van der Waals surface area contributed by atoms with Gasteiger partial charge in [-0.15, -0.1) is 0 Å². The molecule has 1 aromatic carbocycles. The molecule has 0 radical (unpaired) electrons. The van der Waals surface area contributed by atoms with E-state index >= 15 is 0 Å². The van der Waals surface area contributed by atoms with Crippen LogP contribution in [0, 0.1) is 0 Å². The summed E-state index contributed by atoms with van der Waals surface area (Å²) in [6, 6.07) is 3.84. The van der Waals surface area contributed by atoms with E-state index in [1.54, 1.807) is 20.8 Å². The fourth-order valence-corrected chi connectivity index (χ4v) is 1.58. The van der Waals surface area contributed by atoms with Crippen LogP contribution in [0.2, 0.25) is 0 Å². The number of carbonyl (C=O) groups excluding carboxylic acids is 1.